The lowest BCUT2D eigenvalue weighted by Gasteiger charge is -2.20. The lowest BCUT2D eigenvalue weighted by Crippen LogP contribution is -2.30. The van der Waals surface area contributed by atoms with Crippen LogP contribution in [0.4, 0.5) is 5.82 Å². The van der Waals surface area contributed by atoms with Crippen LogP contribution in [0.3, 0.4) is 0 Å². The molecule has 0 aromatic carbocycles. The maximum Gasteiger partial charge on any atom is 0.163 e. The highest BCUT2D eigenvalue weighted by Crippen LogP contribution is 2.28. The van der Waals surface area contributed by atoms with Gasteiger partial charge in [0.2, 0.25) is 0 Å². The first kappa shape index (κ1) is 14.2. The first-order valence-corrected chi connectivity index (χ1v) is 7.32. The molecule has 21 heavy (non-hydrogen) atoms. The zero-order valence-electron chi connectivity index (χ0n) is 12.8. The Morgan fingerprint density at radius 3 is 2.90 bits per heavy atom. The van der Waals surface area contributed by atoms with Gasteiger partial charge in [0.15, 0.2) is 5.65 Å². The zero-order chi connectivity index (χ0) is 14.8. The molecule has 1 aliphatic carbocycles. The van der Waals surface area contributed by atoms with Gasteiger partial charge in [-0.2, -0.15) is 5.10 Å². The minimum atomic E-state index is 0.656. The summed E-state index contributed by atoms with van der Waals surface area (Å²) in [6.07, 6.45) is 4.32. The number of methoxy groups -OCH3 is 1. The number of aryl methyl sites for hydroxylation is 1. The van der Waals surface area contributed by atoms with Crippen molar-refractivity contribution in [3.63, 3.8) is 0 Å². The number of rotatable bonds is 7. The Hall–Kier alpha value is -1.73. The van der Waals surface area contributed by atoms with Crippen molar-refractivity contribution in [2.24, 2.45) is 7.05 Å². The molecule has 1 aliphatic rings. The van der Waals surface area contributed by atoms with Crippen LogP contribution >= 0.6 is 0 Å². The third-order valence-electron chi connectivity index (χ3n) is 3.87. The van der Waals surface area contributed by atoms with Crippen molar-refractivity contribution in [1.29, 1.82) is 0 Å². The standard InChI is InChI=1S/C14H22N6O/c1-15-13-11-8-16-19(2)14(11)18-12(17-13)9-20(6-7-21-3)10-4-5-10/h8,10H,4-7,9H2,1-3H3,(H,15,17,18). The second-order valence-electron chi connectivity index (χ2n) is 5.44. The quantitative estimate of drug-likeness (QED) is 0.821. The molecule has 2 aromatic heterocycles. The number of nitrogens with zero attached hydrogens (tertiary/aromatic N) is 5. The van der Waals surface area contributed by atoms with Crippen LogP contribution in [0.25, 0.3) is 11.0 Å². The van der Waals surface area contributed by atoms with Gasteiger partial charge in [0.05, 0.1) is 24.7 Å². The van der Waals surface area contributed by atoms with E-state index in [-0.39, 0.29) is 0 Å². The van der Waals surface area contributed by atoms with Crippen LogP contribution in [0.5, 0.6) is 0 Å². The summed E-state index contributed by atoms with van der Waals surface area (Å²) in [5, 5.41) is 8.36. The normalized spacial score (nSPS) is 15.0. The van der Waals surface area contributed by atoms with Gasteiger partial charge in [-0.1, -0.05) is 0 Å². The molecule has 2 heterocycles. The molecule has 1 saturated carbocycles. The van der Waals surface area contributed by atoms with E-state index in [1.54, 1.807) is 18.0 Å². The minimum absolute atomic E-state index is 0.656. The Bertz CT molecular complexity index is 621. The van der Waals surface area contributed by atoms with Crippen molar-refractivity contribution in [2.75, 3.05) is 32.6 Å². The first-order chi connectivity index (χ1) is 10.2. The lowest BCUT2D eigenvalue weighted by molar-refractivity contribution is 0.138. The molecule has 7 heteroatoms. The highest BCUT2D eigenvalue weighted by molar-refractivity contribution is 5.86. The molecule has 7 nitrogen and oxygen atoms in total. The molecule has 0 bridgehead atoms. The van der Waals surface area contributed by atoms with Gasteiger partial charge in [0, 0.05) is 33.8 Å². The van der Waals surface area contributed by atoms with Crippen LogP contribution in [0, 0.1) is 0 Å². The average molecular weight is 290 g/mol. The summed E-state index contributed by atoms with van der Waals surface area (Å²) >= 11 is 0. The Morgan fingerprint density at radius 1 is 1.43 bits per heavy atom. The molecule has 114 valence electrons. The number of fused-ring (bicyclic) bond motifs is 1. The van der Waals surface area contributed by atoms with Gasteiger partial charge in [0.1, 0.15) is 11.6 Å². The SMILES string of the molecule is CNc1nc(CN(CCOC)C2CC2)nc2c1cnn2C. The van der Waals surface area contributed by atoms with E-state index in [0.29, 0.717) is 6.04 Å². The fourth-order valence-electron chi connectivity index (χ4n) is 2.55. The summed E-state index contributed by atoms with van der Waals surface area (Å²) in [6.45, 7) is 2.41. The summed E-state index contributed by atoms with van der Waals surface area (Å²) in [4.78, 5) is 11.7. The molecule has 2 aromatic rings. The van der Waals surface area contributed by atoms with Gasteiger partial charge < -0.3 is 10.1 Å². The summed E-state index contributed by atoms with van der Waals surface area (Å²) in [5.41, 5.74) is 0.867. The van der Waals surface area contributed by atoms with Crippen LogP contribution in [0.15, 0.2) is 6.20 Å². The predicted octanol–water partition coefficient (Wildman–Crippen LogP) is 1.02. The number of hydrogen-bond donors (Lipinski definition) is 1. The van der Waals surface area contributed by atoms with Gasteiger partial charge >= 0.3 is 0 Å². The van der Waals surface area contributed by atoms with E-state index in [0.717, 1.165) is 42.4 Å². The number of aromatic nitrogens is 4. The Kier molecular flexibility index (Phi) is 4.03. The Morgan fingerprint density at radius 2 is 2.24 bits per heavy atom. The summed E-state index contributed by atoms with van der Waals surface area (Å²) in [6, 6.07) is 0.656. The molecule has 3 rings (SSSR count). The van der Waals surface area contributed by atoms with E-state index < -0.39 is 0 Å². The summed E-state index contributed by atoms with van der Waals surface area (Å²) in [5.74, 6) is 1.67. The van der Waals surface area contributed by atoms with Gasteiger partial charge in [0.25, 0.3) is 0 Å². The van der Waals surface area contributed by atoms with Crippen LogP contribution in [-0.4, -0.2) is 58.0 Å². The Labute approximate surface area is 124 Å². The van der Waals surface area contributed by atoms with Crippen molar-refractivity contribution < 1.29 is 4.74 Å². The number of hydrogen-bond acceptors (Lipinski definition) is 6. The maximum absolute atomic E-state index is 5.20. The number of ether oxygens (including phenoxy) is 1. The lowest BCUT2D eigenvalue weighted by atomic mass is 10.3. The highest BCUT2D eigenvalue weighted by atomic mass is 16.5. The molecule has 0 atom stereocenters. The predicted molar refractivity (Wildman–Crippen MR) is 81.2 cm³/mol. The second-order valence-corrected chi connectivity index (χ2v) is 5.44. The molecule has 0 saturated heterocycles. The molecule has 0 aliphatic heterocycles. The van der Waals surface area contributed by atoms with Crippen LogP contribution in [0.1, 0.15) is 18.7 Å². The van der Waals surface area contributed by atoms with Crippen LogP contribution in [0.2, 0.25) is 0 Å². The largest absolute Gasteiger partial charge is 0.383 e. The van der Waals surface area contributed by atoms with E-state index in [4.69, 9.17) is 4.74 Å². The van der Waals surface area contributed by atoms with Gasteiger partial charge in [-0.15, -0.1) is 0 Å². The van der Waals surface area contributed by atoms with Gasteiger partial charge in [-0.25, -0.2) is 9.97 Å². The summed E-state index contributed by atoms with van der Waals surface area (Å²) < 4.78 is 6.99. The number of nitrogens with one attached hydrogen (secondary N) is 1. The van der Waals surface area contributed by atoms with E-state index in [1.165, 1.54) is 12.8 Å². The molecule has 0 spiro atoms. The van der Waals surface area contributed by atoms with E-state index >= 15 is 0 Å². The van der Waals surface area contributed by atoms with E-state index in [1.807, 2.05) is 14.1 Å². The van der Waals surface area contributed by atoms with Crippen LogP contribution < -0.4 is 5.32 Å². The third kappa shape index (κ3) is 2.98. The van der Waals surface area contributed by atoms with Crippen LogP contribution in [-0.2, 0) is 18.3 Å². The van der Waals surface area contributed by atoms with Gasteiger partial charge in [-0.3, -0.25) is 9.58 Å². The van der Waals surface area contributed by atoms with Crippen molar-refractivity contribution in [2.45, 2.75) is 25.4 Å². The van der Waals surface area contributed by atoms with Gasteiger partial charge in [-0.05, 0) is 12.8 Å². The van der Waals surface area contributed by atoms with Crippen molar-refractivity contribution in [3.05, 3.63) is 12.0 Å². The molecular weight excluding hydrogens is 268 g/mol. The molecule has 1 fully saturated rings. The molecule has 0 unspecified atom stereocenters. The average Bonchev–Trinajstić information content (AvgIpc) is 3.27. The molecular formula is C14H22N6O. The minimum Gasteiger partial charge on any atom is -0.383 e. The molecule has 1 N–H and O–H groups in total. The smallest absolute Gasteiger partial charge is 0.163 e. The van der Waals surface area contributed by atoms with Crippen molar-refractivity contribution >= 4 is 16.9 Å². The van der Waals surface area contributed by atoms with Crippen molar-refractivity contribution in [3.8, 4) is 0 Å². The number of anilines is 1. The topological polar surface area (TPSA) is 68.1 Å². The van der Waals surface area contributed by atoms with E-state index in [2.05, 4.69) is 25.3 Å². The maximum atomic E-state index is 5.20. The summed E-state index contributed by atoms with van der Waals surface area (Å²) in [7, 11) is 5.52. The van der Waals surface area contributed by atoms with Crippen molar-refractivity contribution in [1.82, 2.24) is 24.6 Å². The van der Waals surface area contributed by atoms with E-state index in [9.17, 15) is 0 Å². The molecule has 0 radical (unpaired) electrons. The second kappa shape index (κ2) is 5.95. The first-order valence-electron chi connectivity index (χ1n) is 7.32. The Balaban J connectivity index is 1.86. The monoisotopic (exact) mass is 290 g/mol. The molecule has 0 amide bonds. The third-order valence-corrected chi connectivity index (χ3v) is 3.87. The fourth-order valence-corrected chi connectivity index (χ4v) is 2.55. The zero-order valence-corrected chi connectivity index (χ0v) is 12.8. The highest BCUT2D eigenvalue weighted by Gasteiger charge is 2.29. The fraction of sp³-hybridized carbons (Fsp3) is 0.643.